The largest absolute Gasteiger partial charge is 0.369 e. The molecule has 0 saturated heterocycles. The van der Waals surface area contributed by atoms with Crippen molar-refractivity contribution in [1.82, 2.24) is 19.6 Å². The Hall–Kier alpha value is -2.41. The molecule has 2 aromatic heterocycles. The number of thioether (sulfide) groups is 1. The molecule has 2 N–H and O–H groups in total. The first-order chi connectivity index (χ1) is 9.74. The van der Waals surface area contributed by atoms with Crippen LogP contribution in [0.25, 0.3) is 17.0 Å². The van der Waals surface area contributed by atoms with E-state index in [2.05, 4.69) is 15.1 Å². The predicted molar refractivity (Wildman–Crippen MR) is 76.1 cm³/mol. The van der Waals surface area contributed by atoms with Crippen LogP contribution in [-0.4, -0.2) is 31.2 Å². The maximum Gasteiger partial charge on any atom is 0.253 e. The highest BCUT2D eigenvalue weighted by Gasteiger charge is 2.10. The molecule has 0 spiro atoms. The van der Waals surface area contributed by atoms with Crippen LogP contribution in [0.2, 0.25) is 0 Å². The first-order valence-corrected chi connectivity index (χ1v) is 6.90. The molecule has 20 heavy (non-hydrogen) atoms. The molecule has 3 aromatic rings. The molecule has 2 heterocycles. The second-order valence-electron chi connectivity index (χ2n) is 4.07. The monoisotopic (exact) mass is 285 g/mol. The van der Waals surface area contributed by atoms with Gasteiger partial charge >= 0.3 is 0 Å². The molecule has 0 radical (unpaired) electrons. The summed E-state index contributed by atoms with van der Waals surface area (Å²) in [6.07, 6.45) is 1.44. The van der Waals surface area contributed by atoms with Crippen molar-refractivity contribution in [2.45, 2.75) is 5.03 Å². The maximum absolute atomic E-state index is 10.9. The van der Waals surface area contributed by atoms with E-state index in [1.807, 2.05) is 36.4 Å². The summed E-state index contributed by atoms with van der Waals surface area (Å²) in [6, 6.07) is 11.7. The van der Waals surface area contributed by atoms with Gasteiger partial charge in [-0.25, -0.2) is 4.98 Å². The van der Waals surface area contributed by atoms with Gasteiger partial charge in [0, 0.05) is 5.56 Å². The number of aromatic nitrogens is 4. The van der Waals surface area contributed by atoms with Gasteiger partial charge in [-0.05, 0) is 6.07 Å². The number of fused-ring (bicyclic) bond motifs is 1. The van der Waals surface area contributed by atoms with Gasteiger partial charge in [-0.1, -0.05) is 42.1 Å². The standard InChI is InChI=1S/C13H11N5OS/c14-11(19)7-20-12-6-10(9-4-2-1-3-5-9)17-13-15-8-16-18(12)13/h1-6,8H,7H2,(H2,14,19). The summed E-state index contributed by atoms with van der Waals surface area (Å²) < 4.78 is 1.60. The first kappa shape index (κ1) is 12.6. The molecule has 0 saturated carbocycles. The van der Waals surface area contributed by atoms with Crippen LogP contribution in [0.5, 0.6) is 0 Å². The number of nitrogens with zero attached hydrogens (tertiary/aromatic N) is 4. The van der Waals surface area contributed by atoms with Crippen molar-refractivity contribution in [3.8, 4) is 11.3 Å². The highest BCUT2D eigenvalue weighted by Crippen LogP contribution is 2.24. The Labute approximate surface area is 119 Å². The van der Waals surface area contributed by atoms with Crippen LogP contribution < -0.4 is 5.73 Å². The van der Waals surface area contributed by atoms with E-state index in [9.17, 15) is 4.79 Å². The Balaban J connectivity index is 2.08. The molecule has 0 atom stereocenters. The van der Waals surface area contributed by atoms with Gasteiger partial charge in [-0.15, -0.1) is 0 Å². The molecular weight excluding hydrogens is 274 g/mol. The molecule has 0 fully saturated rings. The zero-order valence-electron chi connectivity index (χ0n) is 10.4. The Morgan fingerprint density at radius 1 is 1.30 bits per heavy atom. The highest BCUT2D eigenvalue weighted by molar-refractivity contribution is 7.99. The van der Waals surface area contributed by atoms with E-state index < -0.39 is 0 Å². The van der Waals surface area contributed by atoms with Crippen LogP contribution >= 0.6 is 11.8 Å². The van der Waals surface area contributed by atoms with Gasteiger partial charge in [-0.2, -0.15) is 14.6 Å². The van der Waals surface area contributed by atoms with Crippen molar-refractivity contribution in [2.75, 3.05) is 5.75 Å². The molecule has 0 bridgehead atoms. The number of hydrogen-bond donors (Lipinski definition) is 1. The number of rotatable bonds is 4. The highest BCUT2D eigenvalue weighted by atomic mass is 32.2. The van der Waals surface area contributed by atoms with E-state index in [4.69, 9.17) is 5.73 Å². The van der Waals surface area contributed by atoms with Crippen LogP contribution in [-0.2, 0) is 4.79 Å². The number of hydrogen-bond acceptors (Lipinski definition) is 5. The van der Waals surface area contributed by atoms with E-state index in [-0.39, 0.29) is 11.7 Å². The lowest BCUT2D eigenvalue weighted by atomic mass is 10.1. The topological polar surface area (TPSA) is 86.2 Å². The zero-order chi connectivity index (χ0) is 13.9. The fourth-order valence-electron chi connectivity index (χ4n) is 1.79. The number of benzene rings is 1. The van der Waals surface area contributed by atoms with Crippen LogP contribution in [0.15, 0.2) is 47.8 Å². The van der Waals surface area contributed by atoms with E-state index >= 15 is 0 Å². The maximum atomic E-state index is 10.9. The molecule has 6 nitrogen and oxygen atoms in total. The van der Waals surface area contributed by atoms with Gasteiger partial charge in [0.15, 0.2) is 0 Å². The van der Waals surface area contributed by atoms with Gasteiger partial charge in [0.1, 0.15) is 11.4 Å². The van der Waals surface area contributed by atoms with E-state index in [1.165, 1.54) is 18.1 Å². The number of amides is 1. The third-order valence-electron chi connectivity index (χ3n) is 2.65. The number of nitrogens with two attached hydrogens (primary N) is 1. The van der Waals surface area contributed by atoms with E-state index in [0.29, 0.717) is 5.78 Å². The molecule has 0 aliphatic carbocycles. The summed E-state index contributed by atoms with van der Waals surface area (Å²) in [5, 5.41) is 4.88. The summed E-state index contributed by atoms with van der Waals surface area (Å²) in [4.78, 5) is 19.5. The van der Waals surface area contributed by atoms with Crippen molar-refractivity contribution in [1.29, 1.82) is 0 Å². The lowest BCUT2D eigenvalue weighted by molar-refractivity contribution is -0.115. The number of primary amides is 1. The lowest BCUT2D eigenvalue weighted by Gasteiger charge is -2.06. The molecule has 1 aromatic carbocycles. The Morgan fingerprint density at radius 2 is 2.10 bits per heavy atom. The fraction of sp³-hybridized carbons (Fsp3) is 0.0769. The summed E-state index contributed by atoms with van der Waals surface area (Å²) >= 11 is 1.32. The van der Waals surface area contributed by atoms with Gasteiger partial charge in [-0.3, -0.25) is 4.79 Å². The zero-order valence-corrected chi connectivity index (χ0v) is 11.2. The van der Waals surface area contributed by atoms with Gasteiger partial charge < -0.3 is 5.73 Å². The summed E-state index contributed by atoms with van der Waals surface area (Å²) in [6.45, 7) is 0. The minimum absolute atomic E-state index is 0.188. The van der Waals surface area contributed by atoms with E-state index in [1.54, 1.807) is 4.52 Å². The second-order valence-corrected chi connectivity index (χ2v) is 5.07. The number of carbonyl (C=O) groups excluding carboxylic acids is 1. The first-order valence-electron chi connectivity index (χ1n) is 5.91. The normalized spacial score (nSPS) is 10.8. The third-order valence-corrected chi connectivity index (χ3v) is 3.67. The van der Waals surface area contributed by atoms with Crippen molar-refractivity contribution in [3.05, 3.63) is 42.7 Å². The van der Waals surface area contributed by atoms with Crippen molar-refractivity contribution in [2.24, 2.45) is 5.73 Å². The van der Waals surface area contributed by atoms with Crippen LogP contribution in [0, 0.1) is 0 Å². The molecule has 7 heteroatoms. The van der Waals surface area contributed by atoms with Crippen molar-refractivity contribution < 1.29 is 4.79 Å². The summed E-state index contributed by atoms with van der Waals surface area (Å²) in [5.74, 6) is 0.312. The fourth-order valence-corrected chi connectivity index (χ4v) is 2.53. The lowest BCUT2D eigenvalue weighted by Crippen LogP contribution is -2.13. The predicted octanol–water partition coefficient (Wildman–Crippen LogP) is 1.37. The van der Waals surface area contributed by atoms with Crippen LogP contribution in [0.1, 0.15) is 0 Å². The van der Waals surface area contributed by atoms with Gasteiger partial charge in [0.05, 0.1) is 11.4 Å². The molecule has 0 aliphatic heterocycles. The Bertz CT molecular complexity index is 756. The van der Waals surface area contributed by atoms with Gasteiger partial charge in [0.2, 0.25) is 5.91 Å². The second kappa shape index (κ2) is 5.30. The van der Waals surface area contributed by atoms with Crippen molar-refractivity contribution >= 4 is 23.4 Å². The van der Waals surface area contributed by atoms with Crippen LogP contribution in [0.3, 0.4) is 0 Å². The molecule has 1 amide bonds. The summed E-state index contributed by atoms with van der Waals surface area (Å²) in [5.41, 5.74) is 6.96. The molecule has 0 aliphatic rings. The third kappa shape index (κ3) is 2.48. The molecule has 100 valence electrons. The minimum Gasteiger partial charge on any atom is -0.369 e. The molecule has 3 rings (SSSR count). The average Bonchev–Trinajstić information content (AvgIpc) is 2.94. The van der Waals surface area contributed by atoms with E-state index in [0.717, 1.165) is 16.3 Å². The smallest absolute Gasteiger partial charge is 0.253 e. The average molecular weight is 285 g/mol. The minimum atomic E-state index is -0.374. The van der Waals surface area contributed by atoms with Crippen LogP contribution in [0.4, 0.5) is 0 Å². The van der Waals surface area contributed by atoms with Gasteiger partial charge in [0.25, 0.3) is 5.78 Å². The Kier molecular flexibility index (Phi) is 3.34. The molecular formula is C13H11N5OS. The quantitative estimate of drug-likeness (QED) is 0.578. The van der Waals surface area contributed by atoms with Crippen molar-refractivity contribution in [3.63, 3.8) is 0 Å². The number of carbonyl (C=O) groups is 1. The Morgan fingerprint density at radius 3 is 2.85 bits per heavy atom. The SMILES string of the molecule is NC(=O)CSc1cc(-c2ccccc2)nc2ncnn12. The molecule has 0 unspecified atom stereocenters. The summed E-state index contributed by atoms with van der Waals surface area (Å²) in [7, 11) is 0.